The number of aromatic nitrogens is 4. The van der Waals surface area contributed by atoms with E-state index in [1.807, 2.05) is 46.6 Å². The number of ether oxygens (including phenoxy) is 1. The number of morpholine rings is 1. The Hall–Kier alpha value is -2.32. The number of aryl methyl sites for hydroxylation is 1. The molecule has 0 saturated carbocycles. The lowest BCUT2D eigenvalue weighted by atomic mass is 10.2. The van der Waals surface area contributed by atoms with Crippen LogP contribution in [0, 0.1) is 0 Å². The first kappa shape index (κ1) is 16.8. The van der Waals surface area contributed by atoms with E-state index in [2.05, 4.69) is 4.90 Å². The van der Waals surface area contributed by atoms with Gasteiger partial charge in [-0.1, -0.05) is 30.3 Å². The highest BCUT2D eigenvalue weighted by molar-refractivity contribution is 7.98. The van der Waals surface area contributed by atoms with Gasteiger partial charge in [-0.2, -0.15) is 16.7 Å². The highest BCUT2D eigenvalue weighted by Crippen LogP contribution is 2.24. The first-order chi connectivity index (χ1) is 13.3. The molecule has 4 heterocycles. The van der Waals surface area contributed by atoms with Crippen molar-refractivity contribution in [1.29, 1.82) is 0 Å². The molecule has 5 rings (SSSR count). The van der Waals surface area contributed by atoms with Crippen molar-refractivity contribution >= 4 is 23.5 Å². The molecule has 140 valence electrons. The Kier molecular flexibility index (Phi) is 4.37. The third kappa shape index (κ3) is 3.02. The Morgan fingerprint density at radius 3 is 2.78 bits per heavy atom. The van der Waals surface area contributed by atoms with Crippen molar-refractivity contribution in [2.24, 2.45) is 0 Å². The normalized spacial score (nSPS) is 17.3. The van der Waals surface area contributed by atoms with Crippen LogP contribution in [-0.4, -0.2) is 51.2 Å². The fraction of sp³-hybridized carbons (Fsp3) is 0.421. The number of benzene rings is 1. The number of rotatable bonds is 3. The molecule has 0 bridgehead atoms. The fourth-order valence-corrected chi connectivity index (χ4v) is 4.68. The zero-order chi connectivity index (χ0) is 18.2. The summed E-state index contributed by atoms with van der Waals surface area (Å²) < 4.78 is 9.13. The van der Waals surface area contributed by atoms with Crippen LogP contribution in [0.2, 0.25) is 0 Å². The van der Waals surface area contributed by atoms with Crippen molar-refractivity contribution in [3.05, 3.63) is 57.5 Å². The summed E-state index contributed by atoms with van der Waals surface area (Å²) in [6.07, 6.45) is 0.851. The molecule has 2 aliphatic rings. The Morgan fingerprint density at radius 2 is 1.96 bits per heavy atom. The predicted octanol–water partition coefficient (Wildman–Crippen LogP) is 1.57. The second-order valence-corrected chi connectivity index (χ2v) is 7.93. The van der Waals surface area contributed by atoms with Crippen molar-refractivity contribution in [3.8, 4) is 0 Å². The van der Waals surface area contributed by atoms with Crippen LogP contribution < -0.4 is 10.5 Å². The summed E-state index contributed by atoms with van der Waals surface area (Å²) in [5.74, 6) is 3.07. The molecule has 1 fully saturated rings. The highest BCUT2D eigenvalue weighted by atomic mass is 32.2. The van der Waals surface area contributed by atoms with Crippen LogP contribution in [0.1, 0.15) is 16.8 Å². The van der Waals surface area contributed by atoms with Gasteiger partial charge in [0.25, 0.3) is 5.56 Å². The van der Waals surface area contributed by atoms with E-state index in [1.54, 1.807) is 4.57 Å². The lowest BCUT2D eigenvalue weighted by Crippen LogP contribution is -2.37. The van der Waals surface area contributed by atoms with Gasteiger partial charge in [0.2, 0.25) is 11.7 Å². The zero-order valence-electron chi connectivity index (χ0n) is 15.0. The number of hydrogen-bond acceptors (Lipinski definition) is 6. The Bertz CT molecular complexity index is 1020. The number of hydrogen-bond donors (Lipinski definition) is 0. The molecule has 3 aromatic rings. The molecule has 0 N–H and O–H groups in total. The van der Waals surface area contributed by atoms with Crippen molar-refractivity contribution in [3.63, 3.8) is 0 Å². The molecule has 0 spiro atoms. The van der Waals surface area contributed by atoms with Gasteiger partial charge in [-0.25, -0.2) is 4.52 Å². The van der Waals surface area contributed by atoms with Crippen LogP contribution in [0.4, 0.5) is 5.95 Å². The second kappa shape index (κ2) is 7.01. The van der Waals surface area contributed by atoms with E-state index in [-0.39, 0.29) is 5.56 Å². The SMILES string of the molecule is O=c1c2c(n3nc(N4CCOCC4)nc3n1Cc1ccccc1)CCSC2. The maximum atomic E-state index is 13.3. The van der Waals surface area contributed by atoms with E-state index in [9.17, 15) is 4.79 Å². The standard InChI is InChI=1S/C19H21N5O2S/c25-17-15-13-27-11-6-16(15)24-19(23(17)12-14-4-2-1-3-5-14)20-18(21-24)22-7-9-26-10-8-22/h1-5H,6-13H2. The summed E-state index contributed by atoms with van der Waals surface area (Å²) in [5, 5.41) is 4.80. The number of thioether (sulfide) groups is 1. The third-order valence-corrected chi connectivity index (χ3v) is 6.12. The molecule has 1 aromatic carbocycles. The third-order valence-electron chi connectivity index (χ3n) is 5.13. The van der Waals surface area contributed by atoms with Gasteiger partial charge in [0, 0.05) is 24.4 Å². The molecular formula is C19H21N5O2S. The molecule has 1 saturated heterocycles. The van der Waals surface area contributed by atoms with Crippen molar-refractivity contribution < 1.29 is 4.74 Å². The maximum absolute atomic E-state index is 13.3. The summed E-state index contributed by atoms with van der Waals surface area (Å²) in [5.41, 5.74) is 3.04. The van der Waals surface area contributed by atoms with Gasteiger partial charge in [-0.05, 0) is 17.7 Å². The molecule has 0 amide bonds. The van der Waals surface area contributed by atoms with Crippen LogP contribution in [0.25, 0.3) is 5.78 Å². The number of fused-ring (bicyclic) bond motifs is 3. The highest BCUT2D eigenvalue weighted by Gasteiger charge is 2.24. The van der Waals surface area contributed by atoms with E-state index in [0.717, 1.165) is 47.8 Å². The molecule has 0 radical (unpaired) electrons. The topological polar surface area (TPSA) is 64.7 Å². The maximum Gasteiger partial charge on any atom is 0.259 e. The Labute approximate surface area is 161 Å². The van der Waals surface area contributed by atoms with E-state index in [0.29, 0.717) is 31.5 Å². The van der Waals surface area contributed by atoms with Gasteiger partial charge in [0.15, 0.2) is 0 Å². The van der Waals surface area contributed by atoms with Crippen molar-refractivity contribution in [2.45, 2.75) is 18.7 Å². The monoisotopic (exact) mass is 383 g/mol. The Balaban J connectivity index is 1.68. The lowest BCUT2D eigenvalue weighted by Gasteiger charge is -2.25. The van der Waals surface area contributed by atoms with Crippen LogP contribution in [0.3, 0.4) is 0 Å². The molecule has 27 heavy (non-hydrogen) atoms. The summed E-state index contributed by atoms with van der Waals surface area (Å²) in [6, 6.07) is 10.1. The minimum absolute atomic E-state index is 0.0643. The van der Waals surface area contributed by atoms with Gasteiger partial charge >= 0.3 is 0 Å². The molecule has 0 atom stereocenters. The second-order valence-electron chi connectivity index (χ2n) is 6.83. The fourth-order valence-electron chi connectivity index (χ4n) is 3.70. The van der Waals surface area contributed by atoms with Gasteiger partial charge < -0.3 is 9.64 Å². The van der Waals surface area contributed by atoms with E-state index < -0.39 is 0 Å². The van der Waals surface area contributed by atoms with Crippen LogP contribution >= 0.6 is 11.8 Å². The Morgan fingerprint density at radius 1 is 1.15 bits per heavy atom. The molecular weight excluding hydrogens is 362 g/mol. The first-order valence-corrected chi connectivity index (χ1v) is 10.4. The van der Waals surface area contributed by atoms with Crippen LogP contribution in [0.5, 0.6) is 0 Å². The summed E-state index contributed by atoms with van der Waals surface area (Å²) in [4.78, 5) is 20.2. The molecule has 2 aliphatic heterocycles. The van der Waals surface area contributed by atoms with Crippen molar-refractivity contribution in [1.82, 2.24) is 19.2 Å². The van der Waals surface area contributed by atoms with Gasteiger partial charge in [-0.3, -0.25) is 9.36 Å². The largest absolute Gasteiger partial charge is 0.378 e. The lowest BCUT2D eigenvalue weighted by molar-refractivity contribution is 0.122. The molecule has 8 heteroatoms. The average molecular weight is 383 g/mol. The minimum Gasteiger partial charge on any atom is -0.378 e. The quantitative estimate of drug-likeness (QED) is 0.684. The summed E-state index contributed by atoms with van der Waals surface area (Å²) in [6.45, 7) is 3.42. The minimum atomic E-state index is 0.0643. The van der Waals surface area contributed by atoms with Gasteiger partial charge in [0.1, 0.15) is 0 Å². The number of nitrogens with zero attached hydrogens (tertiary/aromatic N) is 5. The first-order valence-electron chi connectivity index (χ1n) is 9.27. The smallest absolute Gasteiger partial charge is 0.259 e. The van der Waals surface area contributed by atoms with Gasteiger partial charge in [0.05, 0.1) is 25.5 Å². The number of anilines is 1. The molecule has 7 nitrogen and oxygen atoms in total. The van der Waals surface area contributed by atoms with Crippen molar-refractivity contribution in [2.75, 3.05) is 37.0 Å². The molecule has 0 aliphatic carbocycles. The molecule has 0 unspecified atom stereocenters. The van der Waals surface area contributed by atoms with E-state index in [1.165, 1.54) is 0 Å². The predicted molar refractivity (Wildman–Crippen MR) is 106 cm³/mol. The average Bonchev–Trinajstić information content (AvgIpc) is 3.18. The van der Waals surface area contributed by atoms with Gasteiger partial charge in [-0.15, -0.1) is 5.10 Å². The van der Waals surface area contributed by atoms with E-state index >= 15 is 0 Å². The molecule has 2 aromatic heterocycles. The summed E-state index contributed by atoms with van der Waals surface area (Å²) in [7, 11) is 0. The van der Waals surface area contributed by atoms with E-state index in [4.69, 9.17) is 14.8 Å². The summed E-state index contributed by atoms with van der Waals surface area (Å²) >= 11 is 1.81. The van der Waals surface area contributed by atoms with Crippen LogP contribution in [-0.2, 0) is 23.5 Å². The van der Waals surface area contributed by atoms with Crippen LogP contribution in [0.15, 0.2) is 35.1 Å². The zero-order valence-corrected chi connectivity index (χ0v) is 15.8.